The van der Waals surface area contributed by atoms with E-state index in [9.17, 15) is 14.0 Å². The number of fused-ring (bicyclic) bond motifs is 1. The number of aromatic nitrogens is 2. The van der Waals surface area contributed by atoms with Gasteiger partial charge in [0.25, 0.3) is 0 Å². The molecule has 0 aliphatic heterocycles. The molecule has 0 saturated heterocycles. The monoisotopic (exact) mass is 410 g/mol. The van der Waals surface area contributed by atoms with Crippen LogP contribution in [0.3, 0.4) is 0 Å². The number of oxazole rings is 2. The number of aryl methyl sites for hydroxylation is 2. The summed E-state index contributed by atoms with van der Waals surface area (Å²) in [5, 5.41) is 0. The second kappa shape index (κ2) is 8.77. The Labute approximate surface area is 170 Å². The van der Waals surface area contributed by atoms with E-state index < -0.39 is 5.76 Å². The van der Waals surface area contributed by atoms with Gasteiger partial charge in [-0.15, -0.1) is 0 Å². The fraction of sp³-hybridized carbons (Fsp3) is 0.227. The molecule has 30 heavy (non-hydrogen) atoms. The lowest BCUT2D eigenvalue weighted by molar-refractivity contribution is -0.143. The topological polar surface area (TPSA) is 87.5 Å². The average molecular weight is 410 g/mol. The maximum atomic E-state index is 13.0. The molecular weight excluding hydrogens is 391 g/mol. The Morgan fingerprint density at radius 2 is 1.90 bits per heavy atom. The van der Waals surface area contributed by atoms with E-state index in [1.165, 1.54) is 16.7 Å². The zero-order valence-electron chi connectivity index (χ0n) is 16.0. The van der Waals surface area contributed by atoms with Gasteiger partial charge in [0.1, 0.15) is 5.82 Å². The summed E-state index contributed by atoms with van der Waals surface area (Å²) in [4.78, 5) is 28.0. The number of benzene rings is 2. The average Bonchev–Trinajstić information content (AvgIpc) is 3.34. The van der Waals surface area contributed by atoms with Crippen LogP contribution in [0.2, 0.25) is 0 Å². The molecule has 2 heterocycles. The van der Waals surface area contributed by atoms with Gasteiger partial charge in [0.15, 0.2) is 17.2 Å². The van der Waals surface area contributed by atoms with E-state index in [1.54, 1.807) is 30.5 Å². The molecule has 0 atom stereocenters. The van der Waals surface area contributed by atoms with Crippen molar-refractivity contribution in [3.8, 4) is 11.3 Å². The number of halogens is 1. The molecule has 7 nitrogen and oxygen atoms in total. The van der Waals surface area contributed by atoms with Crippen LogP contribution in [0.15, 0.2) is 68.4 Å². The van der Waals surface area contributed by atoms with E-state index in [4.69, 9.17) is 13.6 Å². The Kier molecular flexibility index (Phi) is 5.74. The van der Waals surface area contributed by atoms with Crippen molar-refractivity contribution in [2.24, 2.45) is 0 Å². The van der Waals surface area contributed by atoms with Crippen molar-refractivity contribution in [2.75, 3.05) is 6.61 Å². The highest BCUT2D eigenvalue weighted by atomic mass is 19.1. The summed E-state index contributed by atoms with van der Waals surface area (Å²) in [6.07, 6.45) is 2.45. The Morgan fingerprint density at radius 1 is 1.10 bits per heavy atom. The Bertz CT molecular complexity index is 1210. The largest absolute Gasteiger partial charge is 0.466 e. The second-order valence-electron chi connectivity index (χ2n) is 6.69. The minimum Gasteiger partial charge on any atom is -0.466 e. The van der Waals surface area contributed by atoms with Crippen molar-refractivity contribution >= 4 is 17.1 Å². The van der Waals surface area contributed by atoms with Crippen molar-refractivity contribution in [2.45, 2.75) is 25.8 Å². The van der Waals surface area contributed by atoms with Crippen LogP contribution in [0, 0.1) is 5.82 Å². The Hall–Kier alpha value is -3.68. The lowest BCUT2D eigenvalue weighted by Crippen LogP contribution is -2.16. The van der Waals surface area contributed by atoms with E-state index >= 15 is 0 Å². The number of hydrogen-bond acceptors (Lipinski definition) is 6. The summed E-state index contributed by atoms with van der Waals surface area (Å²) in [6, 6.07) is 13.1. The first kappa shape index (κ1) is 19.6. The normalized spacial score (nSPS) is 11.1. The predicted molar refractivity (Wildman–Crippen MR) is 106 cm³/mol. The molecular formula is C22H19FN2O5. The van der Waals surface area contributed by atoms with Crippen LogP contribution < -0.4 is 5.76 Å². The molecule has 0 saturated carbocycles. The third-order valence-corrected chi connectivity index (χ3v) is 4.59. The minimum atomic E-state index is -0.427. The molecule has 8 heteroatoms. The molecule has 0 unspecified atom stereocenters. The van der Waals surface area contributed by atoms with Gasteiger partial charge >= 0.3 is 11.7 Å². The summed E-state index contributed by atoms with van der Waals surface area (Å²) in [6.45, 7) is 0.584. The third-order valence-electron chi connectivity index (χ3n) is 4.59. The lowest BCUT2D eigenvalue weighted by atomic mass is 10.2. The molecule has 0 N–H and O–H groups in total. The van der Waals surface area contributed by atoms with Crippen LogP contribution in [0.1, 0.15) is 18.7 Å². The van der Waals surface area contributed by atoms with Crippen molar-refractivity contribution in [1.82, 2.24) is 9.55 Å². The number of nitrogens with zero attached hydrogens (tertiary/aromatic N) is 2. The minimum absolute atomic E-state index is 0.123. The fourth-order valence-electron chi connectivity index (χ4n) is 3.09. The summed E-state index contributed by atoms with van der Waals surface area (Å²) < 4.78 is 30.5. The van der Waals surface area contributed by atoms with Crippen LogP contribution in [-0.4, -0.2) is 22.1 Å². The van der Waals surface area contributed by atoms with Crippen molar-refractivity contribution in [3.05, 3.63) is 77.0 Å². The Morgan fingerprint density at radius 3 is 2.73 bits per heavy atom. The maximum Gasteiger partial charge on any atom is 0.419 e. The molecule has 154 valence electrons. The molecule has 4 aromatic rings. The molecule has 0 spiro atoms. The summed E-state index contributed by atoms with van der Waals surface area (Å²) in [5.74, 6) is -0.213. The molecule has 0 fully saturated rings. The first-order chi connectivity index (χ1) is 14.6. The molecule has 2 aromatic carbocycles. The molecule has 0 radical (unpaired) electrons. The van der Waals surface area contributed by atoms with Gasteiger partial charge in [-0.1, -0.05) is 12.1 Å². The molecule has 0 amide bonds. The summed E-state index contributed by atoms with van der Waals surface area (Å²) in [7, 11) is 0. The van der Waals surface area contributed by atoms with Crippen LogP contribution in [0.5, 0.6) is 0 Å². The Balaban J connectivity index is 1.22. The van der Waals surface area contributed by atoms with Crippen LogP contribution in [0.25, 0.3) is 22.4 Å². The third kappa shape index (κ3) is 4.48. The SMILES string of the molecule is O=C(CCc1ncc(-c2ccc(F)cc2)o1)OCCCn1c(=O)oc2ccccc21. The van der Waals surface area contributed by atoms with Crippen molar-refractivity contribution in [1.29, 1.82) is 0 Å². The molecule has 0 bridgehead atoms. The number of carbonyl (C=O) groups is 1. The van der Waals surface area contributed by atoms with E-state index in [2.05, 4.69) is 4.98 Å². The highest BCUT2D eigenvalue weighted by Crippen LogP contribution is 2.21. The number of carbonyl (C=O) groups excluding carboxylic acids is 1. The number of hydrogen-bond donors (Lipinski definition) is 0. The van der Waals surface area contributed by atoms with Crippen molar-refractivity contribution in [3.63, 3.8) is 0 Å². The zero-order chi connectivity index (χ0) is 20.9. The van der Waals surface area contributed by atoms with E-state index in [0.29, 0.717) is 42.2 Å². The van der Waals surface area contributed by atoms with Crippen LogP contribution in [0.4, 0.5) is 4.39 Å². The standard InChI is InChI=1S/C22H19FN2O5/c23-16-8-6-15(7-9-16)19-14-24-20(29-19)10-11-21(26)28-13-3-12-25-17-4-1-2-5-18(17)30-22(25)27/h1-2,4-9,14H,3,10-13H2. The fourth-order valence-corrected chi connectivity index (χ4v) is 3.09. The van der Waals surface area contributed by atoms with Gasteiger partial charge in [-0.2, -0.15) is 0 Å². The molecule has 2 aromatic heterocycles. The van der Waals surface area contributed by atoms with Gasteiger partial charge in [-0.05, 0) is 42.8 Å². The number of rotatable bonds is 8. The summed E-state index contributed by atoms with van der Waals surface area (Å²) >= 11 is 0. The highest BCUT2D eigenvalue weighted by molar-refractivity contribution is 5.72. The van der Waals surface area contributed by atoms with Gasteiger partial charge in [-0.3, -0.25) is 9.36 Å². The first-order valence-electron chi connectivity index (χ1n) is 9.55. The van der Waals surface area contributed by atoms with Gasteiger partial charge in [0.2, 0.25) is 0 Å². The molecule has 4 rings (SSSR count). The first-order valence-corrected chi connectivity index (χ1v) is 9.55. The summed E-state index contributed by atoms with van der Waals surface area (Å²) in [5.41, 5.74) is 1.96. The second-order valence-corrected chi connectivity index (χ2v) is 6.69. The van der Waals surface area contributed by atoms with E-state index in [-0.39, 0.29) is 24.8 Å². The zero-order valence-corrected chi connectivity index (χ0v) is 16.0. The number of para-hydroxylation sites is 2. The number of esters is 1. The molecule has 0 aliphatic rings. The number of ether oxygens (including phenoxy) is 1. The van der Waals surface area contributed by atoms with Crippen LogP contribution >= 0.6 is 0 Å². The highest BCUT2D eigenvalue weighted by Gasteiger charge is 2.11. The molecule has 0 aliphatic carbocycles. The smallest absolute Gasteiger partial charge is 0.419 e. The van der Waals surface area contributed by atoms with E-state index in [0.717, 1.165) is 5.52 Å². The van der Waals surface area contributed by atoms with Gasteiger partial charge in [0, 0.05) is 18.5 Å². The maximum absolute atomic E-state index is 13.0. The predicted octanol–water partition coefficient (Wildman–Crippen LogP) is 3.95. The van der Waals surface area contributed by atoms with Gasteiger partial charge in [0.05, 0.1) is 24.7 Å². The van der Waals surface area contributed by atoms with E-state index in [1.807, 2.05) is 12.1 Å². The van der Waals surface area contributed by atoms with Crippen LogP contribution in [-0.2, 0) is 22.5 Å². The lowest BCUT2D eigenvalue weighted by Gasteiger charge is -2.05. The van der Waals surface area contributed by atoms with Gasteiger partial charge < -0.3 is 13.6 Å². The van der Waals surface area contributed by atoms with Gasteiger partial charge in [-0.25, -0.2) is 14.2 Å². The quantitative estimate of drug-likeness (QED) is 0.323. The van der Waals surface area contributed by atoms with Crippen molar-refractivity contribution < 1.29 is 22.8 Å².